The van der Waals surface area contributed by atoms with Gasteiger partial charge in [-0.25, -0.2) is 17.6 Å². The van der Waals surface area contributed by atoms with E-state index in [9.17, 15) is 17.6 Å². The van der Waals surface area contributed by atoms with Gasteiger partial charge in [0.25, 0.3) is 0 Å². The van der Waals surface area contributed by atoms with Gasteiger partial charge < -0.3 is 4.74 Å². The highest BCUT2D eigenvalue weighted by Gasteiger charge is 2.28. The second kappa shape index (κ2) is 10.2. The Morgan fingerprint density at radius 2 is 0.909 bits per heavy atom. The van der Waals surface area contributed by atoms with Crippen LogP contribution in [0.25, 0.3) is 0 Å². The van der Waals surface area contributed by atoms with Crippen molar-refractivity contribution in [2.75, 3.05) is 0 Å². The zero-order chi connectivity index (χ0) is 23.5. The molecule has 0 radical (unpaired) electrons. The molecule has 2 atom stereocenters. The maximum atomic E-state index is 14.8. The van der Waals surface area contributed by atoms with Crippen molar-refractivity contribution < 1.29 is 22.3 Å². The van der Waals surface area contributed by atoms with Crippen molar-refractivity contribution in [2.45, 2.75) is 12.2 Å². The van der Waals surface area contributed by atoms with Crippen LogP contribution in [0.1, 0.15) is 34.5 Å². The van der Waals surface area contributed by atoms with Crippen molar-refractivity contribution >= 4 is 31.9 Å². The standard InChI is InChI=1S/C26H16Br2F4O/c27-19-11-9-15(13-23(19)31)25(17-5-1-3-7-21(17)29)33-26(18-6-2-4-8-22(18)30)16-10-12-20(28)24(32)14-16/h1-14,25-26H. The molecular formula is C26H16Br2F4O. The van der Waals surface area contributed by atoms with Crippen LogP contribution < -0.4 is 0 Å². The van der Waals surface area contributed by atoms with E-state index in [-0.39, 0.29) is 20.1 Å². The minimum atomic E-state index is -1.11. The third-order valence-electron chi connectivity index (χ3n) is 5.14. The average Bonchev–Trinajstić information content (AvgIpc) is 2.80. The van der Waals surface area contributed by atoms with Gasteiger partial charge >= 0.3 is 0 Å². The van der Waals surface area contributed by atoms with Crippen LogP contribution in [-0.2, 0) is 4.74 Å². The molecule has 0 heterocycles. The SMILES string of the molecule is Fc1cc(C(OC(c2ccc(Br)c(F)c2)c2ccccc2F)c2ccccc2F)ccc1Br. The number of hydrogen-bond acceptors (Lipinski definition) is 1. The van der Waals surface area contributed by atoms with E-state index in [1.165, 1.54) is 60.7 Å². The Kier molecular flexibility index (Phi) is 7.32. The quantitative estimate of drug-likeness (QED) is 0.208. The second-order valence-corrected chi connectivity index (χ2v) is 8.99. The van der Waals surface area contributed by atoms with Gasteiger partial charge in [0, 0.05) is 11.1 Å². The van der Waals surface area contributed by atoms with E-state index in [0.29, 0.717) is 11.1 Å². The van der Waals surface area contributed by atoms with Crippen molar-refractivity contribution in [1.29, 1.82) is 0 Å². The van der Waals surface area contributed by atoms with Crippen molar-refractivity contribution in [3.05, 3.63) is 139 Å². The Balaban J connectivity index is 1.88. The molecule has 0 bridgehead atoms. The lowest BCUT2D eigenvalue weighted by atomic mass is 9.97. The summed E-state index contributed by atoms with van der Waals surface area (Å²) in [5, 5.41) is 0. The molecule has 0 aliphatic carbocycles. The van der Waals surface area contributed by atoms with Gasteiger partial charge in [-0.15, -0.1) is 0 Å². The summed E-state index contributed by atoms with van der Waals surface area (Å²) in [4.78, 5) is 0. The molecular weight excluding hydrogens is 564 g/mol. The Hall–Kier alpha value is -2.48. The van der Waals surface area contributed by atoms with E-state index < -0.39 is 35.5 Å². The predicted molar refractivity (Wildman–Crippen MR) is 126 cm³/mol. The van der Waals surface area contributed by atoms with Crippen molar-refractivity contribution in [3.8, 4) is 0 Å². The number of halogens is 6. The summed E-state index contributed by atoms with van der Waals surface area (Å²) in [5.41, 5.74) is 0.913. The van der Waals surface area contributed by atoms with E-state index in [1.54, 1.807) is 24.3 Å². The van der Waals surface area contributed by atoms with Gasteiger partial charge in [-0.1, -0.05) is 48.5 Å². The summed E-state index contributed by atoms with van der Waals surface area (Å²) in [6.07, 6.45) is -2.21. The number of rotatable bonds is 6. The first-order valence-corrected chi connectivity index (χ1v) is 11.5. The normalized spacial score (nSPS) is 13.0. The Bertz CT molecular complexity index is 1200. The molecule has 0 amide bonds. The first-order chi connectivity index (χ1) is 15.8. The molecule has 0 spiro atoms. The van der Waals surface area contributed by atoms with Gasteiger partial charge in [0.2, 0.25) is 0 Å². The third-order valence-corrected chi connectivity index (χ3v) is 6.43. The zero-order valence-electron chi connectivity index (χ0n) is 16.9. The molecule has 0 saturated heterocycles. The summed E-state index contributed by atoms with van der Waals surface area (Å²) in [5.74, 6) is -2.26. The van der Waals surface area contributed by atoms with Crippen LogP contribution >= 0.6 is 31.9 Å². The molecule has 2 unspecified atom stereocenters. The van der Waals surface area contributed by atoms with E-state index in [2.05, 4.69) is 31.9 Å². The van der Waals surface area contributed by atoms with E-state index in [1.807, 2.05) is 0 Å². The molecule has 4 aromatic rings. The average molecular weight is 580 g/mol. The lowest BCUT2D eigenvalue weighted by molar-refractivity contribution is 0.0267. The van der Waals surface area contributed by atoms with Gasteiger partial charge in [-0.05, 0) is 79.4 Å². The fourth-order valence-corrected chi connectivity index (χ4v) is 4.02. The number of hydrogen-bond donors (Lipinski definition) is 0. The van der Waals surface area contributed by atoms with Gasteiger partial charge in [-0.2, -0.15) is 0 Å². The molecule has 0 saturated carbocycles. The topological polar surface area (TPSA) is 9.23 Å². The Labute approximate surface area is 205 Å². The van der Waals surface area contributed by atoms with Crippen LogP contribution in [0.4, 0.5) is 17.6 Å². The van der Waals surface area contributed by atoms with Crippen molar-refractivity contribution in [2.24, 2.45) is 0 Å². The van der Waals surface area contributed by atoms with Gasteiger partial charge in [0.15, 0.2) is 0 Å². The van der Waals surface area contributed by atoms with E-state index >= 15 is 0 Å². The zero-order valence-corrected chi connectivity index (χ0v) is 20.1. The minimum absolute atomic E-state index is 0.137. The van der Waals surface area contributed by atoms with Crippen LogP contribution in [0.5, 0.6) is 0 Å². The summed E-state index contributed by atoms with van der Waals surface area (Å²) >= 11 is 6.22. The molecule has 4 rings (SSSR count). The van der Waals surface area contributed by atoms with E-state index in [0.717, 1.165) is 0 Å². The van der Waals surface area contributed by atoms with Crippen LogP contribution in [0.3, 0.4) is 0 Å². The van der Waals surface area contributed by atoms with Crippen LogP contribution in [0.2, 0.25) is 0 Å². The molecule has 33 heavy (non-hydrogen) atoms. The highest BCUT2D eigenvalue weighted by Crippen LogP contribution is 2.39. The lowest BCUT2D eigenvalue weighted by Crippen LogP contribution is -2.16. The van der Waals surface area contributed by atoms with Crippen LogP contribution in [0.15, 0.2) is 93.9 Å². The number of benzene rings is 4. The summed E-state index contributed by atoms with van der Waals surface area (Å²) < 4.78 is 65.2. The summed E-state index contributed by atoms with van der Waals surface area (Å²) in [7, 11) is 0. The Morgan fingerprint density at radius 3 is 1.27 bits per heavy atom. The van der Waals surface area contributed by atoms with Crippen LogP contribution in [0, 0.1) is 23.3 Å². The van der Waals surface area contributed by atoms with Crippen LogP contribution in [-0.4, -0.2) is 0 Å². The summed E-state index contributed by atoms with van der Waals surface area (Å²) in [6.45, 7) is 0. The monoisotopic (exact) mass is 578 g/mol. The lowest BCUT2D eigenvalue weighted by Gasteiger charge is -2.27. The highest BCUT2D eigenvalue weighted by molar-refractivity contribution is 9.10. The smallest absolute Gasteiger partial charge is 0.137 e. The van der Waals surface area contributed by atoms with Crippen molar-refractivity contribution in [3.63, 3.8) is 0 Å². The van der Waals surface area contributed by atoms with Crippen molar-refractivity contribution in [1.82, 2.24) is 0 Å². The molecule has 0 N–H and O–H groups in total. The van der Waals surface area contributed by atoms with E-state index in [4.69, 9.17) is 4.74 Å². The fourth-order valence-electron chi connectivity index (χ4n) is 3.53. The molecule has 168 valence electrons. The van der Waals surface area contributed by atoms with Gasteiger partial charge in [0.1, 0.15) is 35.5 Å². The second-order valence-electron chi connectivity index (χ2n) is 7.29. The Morgan fingerprint density at radius 1 is 0.515 bits per heavy atom. The highest BCUT2D eigenvalue weighted by atomic mass is 79.9. The molecule has 7 heteroatoms. The first-order valence-electron chi connectivity index (χ1n) is 9.89. The molecule has 0 aromatic heterocycles. The molecule has 4 aromatic carbocycles. The third kappa shape index (κ3) is 5.21. The van der Waals surface area contributed by atoms with Gasteiger partial charge in [-0.3, -0.25) is 0 Å². The first kappa shape index (κ1) is 23.7. The maximum Gasteiger partial charge on any atom is 0.137 e. The van der Waals surface area contributed by atoms with Gasteiger partial charge in [0.05, 0.1) is 8.95 Å². The number of ether oxygens (including phenoxy) is 1. The molecule has 0 aliphatic heterocycles. The molecule has 1 nitrogen and oxygen atoms in total. The minimum Gasteiger partial charge on any atom is -0.356 e. The molecule has 0 aliphatic rings. The molecule has 0 fully saturated rings. The largest absolute Gasteiger partial charge is 0.356 e. The fraction of sp³-hybridized carbons (Fsp3) is 0.0769. The maximum absolute atomic E-state index is 14.8. The summed E-state index contributed by atoms with van der Waals surface area (Å²) in [6, 6.07) is 20.4. The predicted octanol–water partition coefficient (Wildman–Crippen LogP) is 8.66.